The van der Waals surface area contributed by atoms with E-state index in [0.29, 0.717) is 30.6 Å². The molecule has 0 bridgehead atoms. The van der Waals surface area contributed by atoms with Gasteiger partial charge in [0.15, 0.2) is 0 Å². The Bertz CT molecular complexity index is 1980. The quantitative estimate of drug-likeness (QED) is 0.0400. The number of nitrogens with one attached hydrogen (secondary N) is 3. The Morgan fingerprint density at radius 1 is 0.894 bits per heavy atom. The van der Waals surface area contributed by atoms with E-state index in [0.717, 1.165) is 5.56 Å². The van der Waals surface area contributed by atoms with E-state index in [1.807, 2.05) is 90.9 Å². The van der Waals surface area contributed by atoms with E-state index >= 15 is 0 Å². The van der Waals surface area contributed by atoms with Crippen LogP contribution in [0.25, 0.3) is 20.9 Å². The van der Waals surface area contributed by atoms with E-state index in [2.05, 4.69) is 36.0 Å². The maximum Gasteiger partial charge on any atom is 0.247 e. The summed E-state index contributed by atoms with van der Waals surface area (Å²) >= 11 is 0. The number of carbonyl (C=O) groups is 5. The summed E-state index contributed by atoms with van der Waals surface area (Å²) in [5.74, 6) is -3.79. The first-order chi connectivity index (χ1) is 31.4. The van der Waals surface area contributed by atoms with Crippen molar-refractivity contribution in [3.8, 4) is 0 Å². The Kier molecular flexibility index (Phi) is 22.2. The molecule has 9 atom stereocenters. The number of likely N-dealkylation sites (N-methyl/N-ethyl adjacent to an activating group) is 2. The van der Waals surface area contributed by atoms with Crippen LogP contribution in [0.4, 0.5) is 11.4 Å². The van der Waals surface area contributed by atoms with Crippen LogP contribution in [0.5, 0.6) is 0 Å². The van der Waals surface area contributed by atoms with Gasteiger partial charge in [0.05, 0.1) is 42.7 Å². The predicted octanol–water partition coefficient (Wildman–Crippen LogP) is 5.51. The van der Waals surface area contributed by atoms with E-state index in [4.69, 9.17) is 15.2 Å². The molecule has 0 spiro atoms. The van der Waals surface area contributed by atoms with E-state index in [-0.39, 0.29) is 54.9 Å². The lowest BCUT2D eigenvalue weighted by Crippen LogP contribution is -2.59. The van der Waals surface area contributed by atoms with Gasteiger partial charge in [0, 0.05) is 54.9 Å². The molecule has 2 aromatic carbocycles. The zero-order valence-electron chi connectivity index (χ0n) is 40.2. The first-order valence-corrected chi connectivity index (χ1v) is 22.6. The van der Waals surface area contributed by atoms with Crippen LogP contribution in [0.1, 0.15) is 72.8 Å². The molecule has 0 radical (unpaired) electrons. The second-order valence-corrected chi connectivity index (χ2v) is 17.9. The molecule has 2 aromatic rings. The first kappa shape index (κ1) is 54.4. The molecule has 1 aliphatic heterocycles. The summed E-state index contributed by atoms with van der Waals surface area (Å²) in [6.45, 7) is 11.0. The van der Waals surface area contributed by atoms with Gasteiger partial charge in [0.25, 0.3) is 0 Å². The number of azide groups is 2. The molecule has 1 heterocycles. The number of nitrogen functional groups attached to an aromatic ring is 1. The molecule has 66 heavy (non-hydrogen) atoms. The molecule has 362 valence electrons. The summed E-state index contributed by atoms with van der Waals surface area (Å²) in [4.78, 5) is 81.7. The van der Waals surface area contributed by atoms with Crippen LogP contribution in [0.3, 0.4) is 0 Å². The third kappa shape index (κ3) is 15.3. The Labute approximate surface area is 388 Å². The van der Waals surface area contributed by atoms with Crippen molar-refractivity contribution >= 4 is 40.9 Å². The molecule has 0 aromatic heterocycles. The van der Waals surface area contributed by atoms with Crippen molar-refractivity contribution in [1.82, 2.24) is 25.3 Å². The minimum Gasteiger partial charge on any atom is -0.399 e. The van der Waals surface area contributed by atoms with Gasteiger partial charge in [-0.1, -0.05) is 88.5 Å². The Balaban J connectivity index is 1.97. The molecular formula is C46H71N13O7. The molecule has 5 N–H and O–H groups in total. The third-order valence-electron chi connectivity index (χ3n) is 12.3. The molecular weight excluding hydrogens is 847 g/mol. The number of methoxy groups -OCH3 is 1. The van der Waals surface area contributed by atoms with Crippen LogP contribution in [0.15, 0.2) is 64.8 Å². The van der Waals surface area contributed by atoms with E-state index in [9.17, 15) is 35.0 Å². The number of hydrogen-bond donors (Lipinski definition) is 4. The maximum atomic E-state index is 14.6. The minimum absolute atomic E-state index is 0.0105. The number of carbonyl (C=O) groups excluding carboxylic acids is 5. The summed E-state index contributed by atoms with van der Waals surface area (Å²) < 4.78 is 12.2. The maximum absolute atomic E-state index is 14.6. The number of rotatable bonds is 26. The average Bonchev–Trinajstić information content (AvgIpc) is 3.77. The van der Waals surface area contributed by atoms with Gasteiger partial charge >= 0.3 is 0 Å². The topological polar surface area (TPSA) is 273 Å². The molecule has 1 aliphatic rings. The molecule has 0 unspecified atom stereocenters. The van der Waals surface area contributed by atoms with Gasteiger partial charge in [-0.15, -0.1) is 0 Å². The lowest BCUT2D eigenvalue weighted by molar-refractivity contribution is -0.148. The van der Waals surface area contributed by atoms with Crippen LogP contribution < -0.4 is 21.7 Å². The standard InChI is InChI=1S/C46H71N13O7/c1-11-30(6)41(58(9)46(64)39(28(2)3)54-45(63)40(29(4)5)57(7)8)37(65-10)25-38(60)59-23-15-18-36(59)42(66-27-51-56-49)34(26-50-55-48)43(61)53-35(24-31-16-13-12-14-17-31)44(62)52-33-21-19-32(47)20-22-33/h12-14,16-17,19-22,28-30,34-37,39-42H,11,15,18,23-27,47H2,1-10H3,(H,52,62)(H,53,61)(H,54,63)/t30-,34+,35-,36-,37+,39-,40-,41-,42+/m0/s1. The summed E-state index contributed by atoms with van der Waals surface area (Å²) in [5, 5.41) is 16.0. The zero-order valence-corrected chi connectivity index (χ0v) is 40.2. The highest BCUT2D eigenvalue weighted by Crippen LogP contribution is 2.31. The second kappa shape index (κ2) is 26.9. The van der Waals surface area contributed by atoms with Crippen molar-refractivity contribution in [2.24, 2.45) is 33.9 Å². The predicted molar refractivity (Wildman–Crippen MR) is 253 cm³/mol. The van der Waals surface area contributed by atoms with E-state index < -0.39 is 73.4 Å². The number of likely N-dealkylation sites (tertiary alicyclic amines) is 1. The Morgan fingerprint density at radius 2 is 1.55 bits per heavy atom. The summed E-state index contributed by atoms with van der Waals surface area (Å²) in [6.07, 6.45) is -0.457. The van der Waals surface area contributed by atoms with Crippen molar-refractivity contribution in [3.05, 3.63) is 81.0 Å². The number of anilines is 2. The molecule has 1 fully saturated rings. The molecule has 0 aliphatic carbocycles. The highest BCUT2D eigenvalue weighted by atomic mass is 16.5. The molecule has 5 amide bonds. The van der Waals surface area contributed by atoms with Crippen LogP contribution in [-0.4, -0.2) is 135 Å². The second-order valence-electron chi connectivity index (χ2n) is 17.9. The average molecular weight is 918 g/mol. The summed E-state index contributed by atoms with van der Waals surface area (Å²) in [5.41, 5.74) is 26.2. The van der Waals surface area contributed by atoms with Gasteiger partial charge < -0.3 is 41.0 Å². The monoisotopic (exact) mass is 918 g/mol. The van der Waals surface area contributed by atoms with Gasteiger partial charge in [-0.25, -0.2) is 0 Å². The number of nitrogens with two attached hydrogens (primary N) is 1. The van der Waals surface area contributed by atoms with Gasteiger partial charge in [0.1, 0.15) is 18.8 Å². The number of amides is 5. The Hall–Kier alpha value is -5.91. The number of nitrogens with zero attached hydrogens (tertiary/aromatic N) is 9. The van der Waals surface area contributed by atoms with Gasteiger partial charge in [-0.3, -0.25) is 28.9 Å². The van der Waals surface area contributed by atoms with Crippen LogP contribution in [-0.2, 0) is 39.9 Å². The van der Waals surface area contributed by atoms with Crippen molar-refractivity contribution in [2.75, 3.05) is 59.1 Å². The minimum atomic E-state index is -1.25. The SMILES string of the molecule is CC[C@H](C)[C@@H]([C@@H](CC(=O)N1CCC[C@H]1[C@H](OCN=[N+]=[N-])[C@@H](CN=[N+]=[N-])C(=O)N[C@@H](Cc1ccccc1)C(=O)Nc1ccc(N)cc1)OC)N(C)C(=O)[C@@H](NC(=O)[C@H](C(C)C)N(C)C)C(C)C. The number of benzene rings is 2. The zero-order chi connectivity index (χ0) is 49.1. The fourth-order valence-electron chi connectivity index (χ4n) is 8.80. The number of hydrogen-bond acceptors (Lipinski definition) is 11. The fourth-order valence-corrected chi connectivity index (χ4v) is 8.80. The van der Waals surface area contributed by atoms with Gasteiger partial charge in [-0.2, -0.15) is 0 Å². The summed E-state index contributed by atoms with van der Waals surface area (Å²) in [6, 6.07) is 11.9. The molecule has 20 heteroatoms. The molecule has 3 rings (SSSR count). The fraction of sp³-hybridized carbons (Fsp3) is 0.630. The van der Waals surface area contributed by atoms with Gasteiger partial charge in [0.2, 0.25) is 29.5 Å². The lowest BCUT2D eigenvalue weighted by atomic mass is 9.89. The largest absolute Gasteiger partial charge is 0.399 e. The van der Waals surface area contributed by atoms with Crippen molar-refractivity contribution in [2.45, 2.75) is 116 Å². The Morgan fingerprint density at radius 3 is 2.11 bits per heavy atom. The van der Waals surface area contributed by atoms with Crippen molar-refractivity contribution < 1.29 is 33.4 Å². The van der Waals surface area contributed by atoms with Crippen LogP contribution >= 0.6 is 0 Å². The summed E-state index contributed by atoms with van der Waals surface area (Å²) in [7, 11) is 6.80. The molecule has 20 nitrogen and oxygen atoms in total. The highest BCUT2D eigenvalue weighted by Gasteiger charge is 2.45. The van der Waals surface area contributed by atoms with Crippen molar-refractivity contribution in [1.29, 1.82) is 0 Å². The normalized spacial score (nSPS) is 17.3. The highest BCUT2D eigenvalue weighted by molar-refractivity contribution is 5.98. The van der Waals surface area contributed by atoms with Gasteiger partial charge in [-0.05, 0) is 85.6 Å². The van der Waals surface area contributed by atoms with Crippen LogP contribution in [0.2, 0.25) is 0 Å². The first-order valence-electron chi connectivity index (χ1n) is 22.6. The van der Waals surface area contributed by atoms with E-state index in [1.54, 1.807) is 41.1 Å². The molecule has 0 saturated carbocycles. The van der Waals surface area contributed by atoms with Crippen LogP contribution in [0, 0.1) is 23.7 Å². The molecule has 1 saturated heterocycles. The van der Waals surface area contributed by atoms with Crippen molar-refractivity contribution in [3.63, 3.8) is 0 Å². The lowest BCUT2D eigenvalue weighted by Gasteiger charge is -2.41. The third-order valence-corrected chi connectivity index (χ3v) is 12.3. The van der Waals surface area contributed by atoms with E-state index in [1.165, 1.54) is 7.11 Å². The number of ether oxygens (including phenoxy) is 2. The smallest absolute Gasteiger partial charge is 0.247 e.